The number of aryl methyl sites for hydroxylation is 1. The van der Waals surface area contributed by atoms with Crippen molar-refractivity contribution >= 4 is 0 Å². The molecule has 19 heavy (non-hydrogen) atoms. The van der Waals surface area contributed by atoms with Gasteiger partial charge >= 0.3 is 0 Å². The minimum absolute atomic E-state index is 0.161. The monoisotopic (exact) mass is 257 g/mol. The second-order valence-electron chi connectivity index (χ2n) is 5.34. The molecule has 1 aromatic heterocycles. The first-order chi connectivity index (χ1) is 9.28. The average Bonchev–Trinajstić information content (AvgIpc) is 2.95. The van der Waals surface area contributed by atoms with Crippen LogP contribution in [-0.2, 0) is 12.8 Å². The van der Waals surface area contributed by atoms with E-state index in [1.54, 1.807) is 0 Å². The summed E-state index contributed by atoms with van der Waals surface area (Å²) in [6.07, 6.45) is 3.16. The molecule has 0 amide bonds. The van der Waals surface area contributed by atoms with E-state index in [1.165, 1.54) is 11.1 Å². The van der Waals surface area contributed by atoms with Crippen LogP contribution >= 0.6 is 0 Å². The molecule has 0 bridgehead atoms. The highest BCUT2D eigenvalue weighted by Gasteiger charge is 2.25. The molecular weight excluding hydrogens is 238 g/mol. The molecule has 0 spiro atoms. The van der Waals surface area contributed by atoms with Crippen LogP contribution in [0.25, 0.3) is 0 Å². The molecule has 0 saturated heterocycles. The summed E-state index contributed by atoms with van der Waals surface area (Å²) in [5.41, 5.74) is 8.49. The molecule has 0 radical (unpaired) electrons. The Morgan fingerprint density at radius 3 is 2.95 bits per heavy atom. The van der Waals surface area contributed by atoms with Gasteiger partial charge in [0, 0.05) is 18.4 Å². The Bertz CT molecular complexity index is 564. The van der Waals surface area contributed by atoms with Crippen LogP contribution in [0.2, 0.25) is 0 Å². The lowest BCUT2D eigenvalue weighted by Crippen LogP contribution is -2.14. The number of hydrogen-bond acceptors (Lipinski definition) is 4. The van der Waals surface area contributed by atoms with E-state index in [-0.39, 0.29) is 5.92 Å². The highest BCUT2D eigenvalue weighted by molar-refractivity contribution is 5.31. The molecule has 2 N–H and O–H groups in total. The summed E-state index contributed by atoms with van der Waals surface area (Å²) < 4.78 is 5.43. The third-order valence-corrected chi connectivity index (χ3v) is 3.95. The van der Waals surface area contributed by atoms with Crippen LogP contribution in [0.4, 0.5) is 0 Å². The first kappa shape index (κ1) is 12.4. The van der Waals surface area contributed by atoms with Gasteiger partial charge in [-0.3, -0.25) is 0 Å². The second-order valence-corrected chi connectivity index (χ2v) is 5.34. The van der Waals surface area contributed by atoms with Crippen LogP contribution in [0.3, 0.4) is 0 Å². The zero-order valence-electron chi connectivity index (χ0n) is 11.2. The van der Waals surface area contributed by atoms with Gasteiger partial charge in [0.25, 0.3) is 0 Å². The highest BCUT2D eigenvalue weighted by Crippen LogP contribution is 2.32. The lowest BCUT2D eigenvalue weighted by Gasteiger charge is -2.21. The highest BCUT2D eigenvalue weighted by atomic mass is 16.5. The molecule has 2 aromatic rings. The van der Waals surface area contributed by atoms with Crippen molar-refractivity contribution in [3.05, 3.63) is 47.1 Å². The lowest BCUT2D eigenvalue weighted by molar-refractivity contribution is 0.336. The third-order valence-electron chi connectivity index (χ3n) is 3.95. The average molecular weight is 257 g/mol. The summed E-state index contributed by atoms with van der Waals surface area (Å²) in [5, 5.41) is 4.05. The van der Waals surface area contributed by atoms with Gasteiger partial charge in [-0.05, 0) is 30.4 Å². The maximum atomic E-state index is 5.63. The van der Waals surface area contributed by atoms with Gasteiger partial charge in [-0.2, -0.15) is 4.98 Å². The minimum Gasteiger partial charge on any atom is -0.339 e. The van der Waals surface area contributed by atoms with Crippen LogP contribution in [0, 0.1) is 0 Å². The molecule has 0 saturated carbocycles. The van der Waals surface area contributed by atoms with Crippen LogP contribution < -0.4 is 5.73 Å². The first-order valence-electron chi connectivity index (χ1n) is 6.88. The summed E-state index contributed by atoms with van der Waals surface area (Å²) in [6, 6.07) is 8.60. The standard InChI is InChI=1S/C15H19N3O/c1-10(9-16)14-17-15(19-18-14)13-7-6-11-4-2-3-5-12(11)8-13/h2-5,10,13H,6-9,16H2,1H3. The fourth-order valence-corrected chi connectivity index (χ4v) is 2.63. The second kappa shape index (κ2) is 5.13. The smallest absolute Gasteiger partial charge is 0.230 e. The normalized spacial score (nSPS) is 20.0. The van der Waals surface area contributed by atoms with Crippen LogP contribution in [0.15, 0.2) is 28.8 Å². The van der Waals surface area contributed by atoms with E-state index in [0.29, 0.717) is 12.5 Å². The van der Waals surface area contributed by atoms with Crippen LogP contribution in [-0.4, -0.2) is 16.7 Å². The fourth-order valence-electron chi connectivity index (χ4n) is 2.63. The van der Waals surface area contributed by atoms with E-state index >= 15 is 0 Å². The van der Waals surface area contributed by atoms with Crippen molar-refractivity contribution in [3.8, 4) is 0 Å². The zero-order valence-corrected chi connectivity index (χ0v) is 11.2. The Labute approximate surface area is 113 Å². The van der Waals surface area contributed by atoms with E-state index in [2.05, 4.69) is 34.4 Å². The van der Waals surface area contributed by atoms with Gasteiger partial charge in [-0.25, -0.2) is 0 Å². The van der Waals surface area contributed by atoms with Crippen molar-refractivity contribution in [2.45, 2.75) is 38.0 Å². The first-order valence-corrected chi connectivity index (χ1v) is 6.88. The van der Waals surface area contributed by atoms with Gasteiger partial charge in [0.1, 0.15) is 0 Å². The molecule has 100 valence electrons. The quantitative estimate of drug-likeness (QED) is 0.917. The molecule has 2 atom stereocenters. The zero-order chi connectivity index (χ0) is 13.2. The Hall–Kier alpha value is -1.68. The van der Waals surface area contributed by atoms with Crippen molar-refractivity contribution in [1.29, 1.82) is 0 Å². The molecule has 1 aliphatic carbocycles. The molecule has 0 fully saturated rings. The number of nitrogens with two attached hydrogens (primary N) is 1. The van der Waals surface area contributed by atoms with Gasteiger partial charge in [0.2, 0.25) is 5.89 Å². The fraction of sp³-hybridized carbons (Fsp3) is 0.467. The van der Waals surface area contributed by atoms with Crippen LogP contribution in [0.5, 0.6) is 0 Å². The van der Waals surface area contributed by atoms with E-state index in [0.717, 1.165) is 31.0 Å². The summed E-state index contributed by atoms with van der Waals surface area (Å²) in [6.45, 7) is 2.57. The SMILES string of the molecule is CC(CN)c1noc(C2CCc3ccccc3C2)n1. The predicted octanol–water partition coefficient (Wildman–Crippen LogP) is 2.40. The lowest BCUT2D eigenvalue weighted by atomic mass is 9.84. The number of aromatic nitrogens is 2. The summed E-state index contributed by atoms with van der Waals surface area (Å²) in [4.78, 5) is 4.52. The topological polar surface area (TPSA) is 64.9 Å². The molecule has 1 heterocycles. The van der Waals surface area contributed by atoms with E-state index < -0.39 is 0 Å². The number of rotatable bonds is 3. The largest absolute Gasteiger partial charge is 0.339 e. The molecule has 3 rings (SSSR count). The molecule has 4 heteroatoms. The van der Waals surface area contributed by atoms with Crippen molar-refractivity contribution in [3.63, 3.8) is 0 Å². The molecule has 4 nitrogen and oxygen atoms in total. The maximum absolute atomic E-state index is 5.63. The number of fused-ring (bicyclic) bond motifs is 1. The van der Waals surface area contributed by atoms with Gasteiger partial charge in [-0.1, -0.05) is 36.3 Å². The van der Waals surface area contributed by atoms with E-state index in [1.807, 2.05) is 6.92 Å². The Kier molecular flexibility index (Phi) is 3.34. The van der Waals surface area contributed by atoms with Gasteiger partial charge in [0.15, 0.2) is 5.82 Å². The Balaban J connectivity index is 1.79. The van der Waals surface area contributed by atoms with Gasteiger partial charge < -0.3 is 10.3 Å². The molecule has 1 aromatic carbocycles. The van der Waals surface area contributed by atoms with Gasteiger partial charge in [0.05, 0.1) is 0 Å². The molecule has 1 aliphatic rings. The van der Waals surface area contributed by atoms with Crippen LogP contribution in [0.1, 0.15) is 48.0 Å². The maximum Gasteiger partial charge on any atom is 0.230 e. The number of benzene rings is 1. The minimum atomic E-state index is 0.161. The van der Waals surface area contributed by atoms with Crippen molar-refractivity contribution < 1.29 is 4.52 Å². The number of hydrogen-bond donors (Lipinski definition) is 1. The Morgan fingerprint density at radius 2 is 2.16 bits per heavy atom. The summed E-state index contributed by atoms with van der Waals surface area (Å²) >= 11 is 0. The molecular formula is C15H19N3O. The van der Waals surface area contributed by atoms with Crippen molar-refractivity contribution in [1.82, 2.24) is 10.1 Å². The molecule has 2 unspecified atom stereocenters. The van der Waals surface area contributed by atoms with E-state index in [9.17, 15) is 0 Å². The van der Waals surface area contributed by atoms with Crippen molar-refractivity contribution in [2.24, 2.45) is 5.73 Å². The van der Waals surface area contributed by atoms with Crippen molar-refractivity contribution in [2.75, 3.05) is 6.54 Å². The summed E-state index contributed by atoms with van der Waals surface area (Å²) in [7, 11) is 0. The summed E-state index contributed by atoms with van der Waals surface area (Å²) in [5.74, 6) is 2.01. The Morgan fingerprint density at radius 1 is 1.37 bits per heavy atom. The third kappa shape index (κ3) is 2.40. The van der Waals surface area contributed by atoms with Gasteiger partial charge in [-0.15, -0.1) is 0 Å². The predicted molar refractivity (Wildman–Crippen MR) is 73.0 cm³/mol. The molecule has 0 aliphatic heterocycles. The number of nitrogens with zero attached hydrogens (tertiary/aromatic N) is 2. The van der Waals surface area contributed by atoms with E-state index in [4.69, 9.17) is 10.3 Å².